The van der Waals surface area contributed by atoms with Crippen LogP contribution in [-0.2, 0) is 0 Å². The fourth-order valence-corrected chi connectivity index (χ4v) is 2.29. The van der Waals surface area contributed by atoms with Gasteiger partial charge >= 0.3 is 0 Å². The average molecular weight is 270 g/mol. The van der Waals surface area contributed by atoms with Crippen molar-refractivity contribution in [3.63, 3.8) is 0 Å². The van der Waals surface area contributed by atoms with Crippen molar-refractivity contribution in [3.8, 4) is 11.1 Å². The Labute approximate surface area is 115 Å². The molecule has 4 heteroatoms. The lowest BCUT2D eigenvalue weighted by atomic mass is 10.0. The van der Waals surface area contributed by atoms with E-state index in [0.717, 1.165) is 27.7 Å². The molecule has 0 bridgehead atoms. The fourth-order valence-electron chi connectivity index (χ4n) is 2.12. The van der Waals surface area contributed by atoms with Crippen LogP contribution in [-0.4, -0.2) is 4.98 Å². The molecule has 2 aromatic carbocycles. The molecule has 0 radical (unpaired) electrons. The minimum atomic E-state index is 0.488. The molecule has 4 N–H and O–H groups in total. The zero-order valence-corrected chi connectivity index (χ0v) is 10.9. The van der Waals surface area contributed by atoms with Crippen molar-refractivity contribution in [2.45, 2.75) is 0 Å². The average Bonchev–Trinajstić information content (AvgIpc) is 2.39. The van der Waals surface area contributed by atoms with E-state index in [9.17, 15) is 0 Å². The Bertz CT molecular complexity index is 751. The van der Waals surface area contributed by atoms with Gasteiger partial charge in [0.15, 0.2) is 0 Å². The fraction of sp³-hybridized carbons (Fsp3) is 0. The first kappa shape index (κ1) is 11.8. The van der Waals surface area contributed by atoms with E-state index in [4.69, 9.17) is 23.1 Å². The largest absolute Gasteiger partial charge is 0.399 e. The summed E-state index contributed by atoms with van der Waals surface area (Å²) in [6.07, 6.45) is 0. The van der Waals surface area contributed by atoms with Crippen LogP contribution in [0.25, 0.3) is 22.0 Å². The van der Waals surface area contributed by atoms with Gasteiger partial charge in [0, 0.05) is 16.1 Å². The Kier molecular flexibility index (Phi) is 2.76. The van der Waals surface area contributed by atoms with E-state index >= 15 is 0 Å². The Balaban J connectivity index is 2.32. The summed E-state index contributed by atoms with van der Waals surface area (Å²) >= 11 is 6.06. The molecule has 3 rings (SSSR count). The van der Waals surface area contributed by atoms with Gasteiger partial charge in [-0.05, 0) is 47.5 Å². The van der Waals surface area contributed by atoms with Crippen molar-refractivity contribution in [1.82, 2.24) is 4.98 Å². The molecule has 0 saturated heterocycles. The summed E-state index contributed by atoms with van der Waals surface area (Å²) in [5.41, 5.74) is 15.2. The van der Waals surface area contributed by atoms with E-state index in [1.54, 1.807) is 0 Å². The highest BCUT2D eigenvalue weighted by Crippen LogP contribution is 2.31. The highest BCUT2D eigenvalue weighted by molar-refractivity contribution is 6.31. The highest BCUT2D eigenvalue weighted by Gasteiger charge is 2.07. The minimum absolute atomic E-state index is 0.488. The Morgan fingerprint density at radius 3 is 2.37 bits per heavy atom. The summed E-state index contributed by atoms with van der Waals surface area (Å²) in [6, 6.07) is 15.1. The van der Waals surface area contributed by atoms with E-state index in [1.807, 2.05) is 48.5 Å². The third kappa shape index (κ3) is 2.20. The van der Waals surface area contributed by atoms with Crippen LogP contribution < -0.4 is 11.5 Å². The number of fused-ring (bicyclic) bond motifs is 1. The van der Waals surface area contributed by atoms with Crippen molar-refractivity contribution >= 4 is 34.0 Å². The summed E-state index contributed by atoms with van der Waals surface area (Å²) in [6.45, 7) is 0. The second kappa shape index (κ2) is 4.44. The Morgan fingerprint density at radius 2 is 1.63 bits per heavy atom. The maximum Gasteiger partial charge on any atom is 0.124 e. The zero-order chi connectivity index (χ0) is 13.4. The number of hydrogen-bond donors (Lipinski definition) is 2. The number of nitrogens with zero attached hydrogens (tertiary/aromatic N) is 1. The first-order chi connectivity index (χ1) is 9.13. The number of pyridine rings is 1. The predicted molar refractivity (Wildman–Crippen MR) is 81.0 cm³/mol. The lowest BCUT2D eigenvalue weighted by Crippen LogP contribution is -1.93. The molecule has 0 aliphatic heterocycles. The van der Waals surface area contributed by atoms with Crippen LogP contribution in [0, 0.1) is 0 Å². The normalized spacial score (nSPS) is 10.8. The lowest BCUT2D eigenvalue weighted by molar-refractivity contribution is 1.41. The standard InChI is InChI=1S/C15H12ClN3/c16-10-3-6-14-13(7-10)12(8-15(18)19-14)9-1-4-11(17)5-2-9/h1-8H,17H2,(H2,18,19). The van der Waals surface area contributed by atoms with Gasteiger partial charge in [0.25, 0.3) is 0 Å². The second-order valence-electron chi connectivity index (χ2n) is 4.38. The van der Waals surface area contributed by atoms with Crippen LogP contribution in [0.3, 0.4) is 0 Å². The van der Waals surface area contributed by atoms with Crippen molar-refractivity contribution in [2.24, 2.45) is 0 Å². The van der Waals surface area contributed by atoms with Gasteiger partial charge in [-0.15, -0.1) is 0 Å². The first-order valence-corrected chi connectivity index (χ1v) is 6.23. The van der Waals surface area contributed by atoms with Crippen molar-refractivity contribution in [3.05, 3.63) is 53.6 Å². The number of benzene rings is 2. The molecule has 3 nitrogen and oxygen atoms in total. The van der Waals surface area contributed by atoms with Crippen LogP contribution in [0.4, 0.5) is 11.5 Å². The molecule has 1 heterocycles. The maximum absolute atomic E-state index is 6.06. The first-order valence-electron chi connectivity index (χ1n) is 5.85. The summed E-state index contributed by atoms with van der Waals surface area (Å²) in [4.78, 5) is 4.31. The molecule has 0 atom stereocenters. The van der Waals surface area contributed by atoms with Gasteiger partial charge in [-0.3, -0.25) is 0 Å². The molecule has 0 saturated carbocycles. The van der Waals surface area contributed by atoms with E-state index in [1.165, 1.54) is 0 Å². The number of hydrogen-bond acceptors (Lipinski definition) is 3. The molecule has 0 aliphatic carbocycles. The topological polar surface area (TPSA) is 64.9 Å². The van der Waals surface area contributed by atoms with E-state index in [-0.39, 0.29) is 0 Å². The van der Waals surface area contributed by atoms with Crippen LogP contribution in [0.5, 0.6) is 0 Å². The van der Waals surface area contributed by atoms with Crippen LogP contribution >= 0.6 is 11.6 Å². The molecular formula is C15H12ClN3. The number of rotatable bonds is 1. The number of nitrogen functional groups attached to an aromatic ring is 2. The zero-order valence-electron chi connectivity index (χ0n) is 10.1. The molecule has 0 spiro atoms. The molecule has 0 fully saturated rings. The van der Waals surface area contributed by atoms with Crippen LogP contribution in [0.2, 0.25) is 5.02 Å². The summed E-state index contributed by atoms with van der Waals surface area (Å²) < 4.78 is 0. The monoisotopic (exact) mass is 269 g/mol. The van der Waals surface area contributed by atoms with Crippen molar-refractivity contribution in [2.75, 3.05) is 11.5 Å². The number of anilines is 2. The second-order valence-corrected chi connectivity index (χ2v) is 4.81. The van der Waals surface area contributed by atoms with E-state index in [2.05, 4.69) is 4.98 Å². The van der Waals surface area contributed by atoms with Crippen LogP contribution in [0.1, 0.15) is 0 Å². The van der Waals surface area contributed by atoms with Crippen molar-refractivity contribution in [1.29, 1.82) is 0 Å². The molecule has 94 valence electrons. The van der Waals surface area contributed by atoms with Gasteiger partial charge in [-0.1, -0.05) is 23.7 Å². The van der Waals surface area contributed by atoms with Gasteiger partial charge in [0.05, 0.1) is 5.52 Å². The predicted octanol–water partition coefficient (Wildman–Crippen LogP) is 3.72. The maximum atomic E-state index is 6.06. The summed E-state index contributed by atoms with van der Waals surface area (Å²) in [5.74, 6) is 0.488. The smallest absolute Gasteiger partial charge is 0.124 e. The quantitative estimate of drug-likeness (QED) is 0.662. The van der Waals surface area contributed by atoms with E-state index in [0.29, 0.717) is 10.8 Å². The van der Waals surface area contributed by atoms with E-state index < -0.39 is 0 Å². The molecule has 3 aromatic rings. The van der Waals surface area contributed by atoms with Crippen LogP contribution in [0.15, 0.2) is 48.5 Å². The third-order valence-corrected chi connectivity index (χ3v) is 3.25. The molecule has 0 unspecified atom stereocenters. The Hall–Kier alpha value is -2.26. The highest BCUT2D eigenvalue weighted by atomic mass is 35.5. The third-order valence-electron chi connectivity index (χ3n) is 3.01. The molecule has 1 aromatic heterocycles. The van der Waals surface area contributed by atoms with Gasteiger partial charge in [0.1, 0.15) is 5.82 Å². The summed E-state index contributed by atoms with van der Waals surface area (Å²) in [7, 11) is 0. The van der Waals surface area contributed by atoms with Crippen molar-refractivity contribution < 1.29 is 0 Å². The molecular weight excluding hydrogens is 258 g/mol. The molecule has 0 aliphatic rings. The van der Waals surface area contributed by atoms with Gasteiger partial charge in [-0.2, -0.15) is 0 Å². The molecule has 0 amide bonds. The number of aromatic nitrogens is 1. The van der Waals surface area contributed by atoms with Gasteiger partial charge in [0.2, 0.25) is 0 Å². The number of halogens is 1. The molecule has 19 heavy (non-hydrogen) atoms. The SMILES string of the molecule is Nc1ccc(-c2cc(N)nc3ccc(Cl)cc23)cc1. The minimum Gasteiger partial charge on any atom is -0.399 e. The Morgan fingerprint density at radius 1 is 0.895 bits per heavy atom. The van der Waals surface area contributed by atoms with Gasteiger partial charge < -0.3 is 11.5 Å². The summed E-state index contributed by atoms with van der Waals surface area (Å²) in [5, 5.41) is 1.65. The number of nitrogens with two attached hydrogens (primary N) is 2. The van der Waals surface area contributed by atoms with Gasteiger partial charge in [-0.25, -0.2) is 4.98 Å². The lowest BCUT2D eigenvalue weighted by Gasteiger charge is -2.08.